The number of hydrogen-bond donors (Lipinski definition) is 2. The average molecular weight is 279 g/mol. The summed E-state index contributed by atoms with van der Waals surface area (Å²) in [6, 6.07) is 7.14. The SMILES string of the molecule is COc1cccc(NC(=O)CNCCC(=O)N(C)C)c1. The van der Waals surface area contributed by atoms with Gasteiger partial charge in [-0.05, 0) is 12.1 Å². The van der Waals surface area contributed by atoms with Crippen molar-refractivity contribution in [1.82, 2.24) is 10.2 Å². The van der Waals surface area contributed by atoms with E-state index in [4.69, 9.17) is 4.74 Å². The predicted octanol–water partition coefficient (Wildman–Crippen LogP) is 0.702. The summed E-state index contributed by atoms with van der Waals surface area (Å²) in [5.74, 6) is 0.564. The van der Waals surface area contributed by atoms with Gasteiger partial charge in [-0.1, -0.05) is 6.07 Å². The molecule has 2 amide bonds. The standard InChI is InChI=1S/C14H21N3O3/c1-17(2)14(19)7-8-15-10-13(18)16-11-5-4-6-12(9-11)20-3/h4-6,9,15H,7-8,10H2,1-3H3,(H,16,18). The van der Waals surface area contributed by atoms with Gasteiger partial charge < -0.3 is 20.3 Å². The second-order valence-electron chi connectivity index (χ2n) is 4.50. The zero-order valence-electron chi connectivity index (χ0n) is 12.1. The number of carbonyl (C=O) groups excluding carboxylic acids is 2. The second-order valence-corrected chi connectivity index (χ2v) is 4.50. The number of rotatable bonds is 7. The lowest BCUT2D eigenvalue weighted by Gasteiger charge is -2.10. The summed E-state index contributed by atoms with van der Waals surface area (Å²) in [4.78, 5) is 24.5. The van der Waals surface area contributed by atoms with Crippen molar-refractivity contribution in [3.63, 3.8) is 0 Å². The van der Waals surface area contributed by atoms with E-state index < -0.39 is 0 Å². The van der Waals surface area contributed by atoms with Crippen molar-refractivity contribution < 1.29 is 14.3 Å². The Morgan fingerprint density at radius 1 is 1.30 bits per heavy atom. The molecule has 20 heavy (non-hydrogen) atoms. The van der Waals surface area contributed by atoms with Gasteiger partial charge in [-0.25, -0.2) is 0 Å². The van der Waals surface area contributed by atoms with E-state index in [1.54, 1.807) is 45.5 Å². The molecular formula is C14H21N3O3. The van der Waals surface area contributed by atoms with Crippen LogP contribution in [0.25, 0.3) is 0 Å². The molecule has 1 aromatic carbocycles. The summed E-state index contributed by atoms with van der Waals surface area (Å²) < 4.78 is 5.07. The van der Waals surface area contributed by atoms with E-state index in [-0.39, 0.29) is 18.4 Å². The molecule has 6 heteroatoms. The van der Waals surface area contributed by atoms with Gasteiger partial charge >= 0.3 is 0 Å². The third kappa shape index (κ3) is 5.71. The molecule has 0 saturated carbocycles. The van der Waals surface area contributed by atoms with Gasteiger partial charge in [0.05, 0.1) is 13.7 Å². The minimum absolute atomic E-state index is 0.0331. The monoisotopic (exact) mass is 279 g/mol. The topological polar surface area (TPSA) is 70.7 Å². The highest BCUT2D eigenvalue weighted by Gasteiger charge is 2.05. The normalized spacial score (nSPS) is 9.95. The summed E-state index contributed by atoms with van der Waals surface area (Å²) >= 11 is 0. The third-order valence-electron chi connectivity index (χ3n) is 2.65. The van der Waals surface area contributed by atoms with E-state index >= 15 is 0 Å². The first kappa shape index (κ1) is 16.0. The number of benzene rings is 1. The lowest BCUT2D eigenvalue weighted by Crippen LogP contribution is -2.31. The van der Waals surface area contributed by atoms with E-state index in [2.05, 4.69) is 10.6 Å². The molecule has 0 aliphatic rings. The van der Waals surface area contributed by atoms with Gasteiger partial charge in [0.2, 0.25) is 11.8 Å². The van der Waals surface area contributed by atoms with Crippen molar-refractivity contribution in [2.45, 2.75) is 6.42 Å². The Labute approximate surface area is 119 Å². The first-order valence-electron chi connectivity index (χ1n) is 6.37. The highest BCUT2D eigenvalue weighted by atomic mass is 16.5. The minimum Gasteiger partial charge on any atom is -0.497 e. The van der Waals surface area contributed by atoms with Gasteiger partial charge in [-0.3, -0.25) is 9.59 Å². The maximum absolute atomic E-state index is 11.7. The van der Waals surface area contributed by atoms with Gasteiger partial charge in [-0.15, -0.1) is 0 Å². The molecule has 0 aliphatic carbocycles. The number of nitrogens with zero attached hydrogens (tertiary/aromatic N) is 1. The number of amides is 2. The van der Waals surface area contributed by atoms with Crippen LogP contribution in [-0.2, 0) is 9.59 Å². The molecule has 0 fully saturated rings. The van der Waals surface area contributed by atoms with E-state index in [9.17, 15) is 9.59 Å². The van der Waals surface area contributed by atoms with E-state index in [0.29, 0.717) is 24.4 Å². The van der Waals surface area contributed by atoms with Gasteiger partial charge in [0, 0.05) is 38.8 Å². The summed E-state index contributed by atoms with van der Waals surface area (Å²) in [6.07, 6.45) is 0.374. The molecule has 0 atom stereocenters. The quantitative estimate of drug-likeness (QED) is 0.721. The Morgan fingerprint density at radius 2 is 2.05 bits per heavy atom. The zero-order valence-corrected chi connectivity index (χ0v) is 12.1. The Balaban J connectivity index is 2.28. The van der Waals surface area contributed by atoms with Crippen LogP contribution in [0.1, 0.15) is 6.42 Å². The van der Waals surface area contributed by atoms with Crippen molar-refractivity contribution in [2.24, 2.45) is 0 Å². The summed E-state index contributed by atoms with van der Waals surface area (Å²) in [7, 11) is 4.99. The van der Waals surface area contributed by atoms with Crippen LogP contribution in [0.4, 0.5) is 5.69 Å². The zero-order chi connectivity index (χ0) is 15.0. The lowest BCUT2D eigenvalue weighted by atomic mass is 10.3. The van der Waals surface area contributed by atoms with Gasteiger partial charge in [0.25, 0.3) is 0 Å². The van der Waals surface area contributed by atoms with Gasteiger partial charge in [0.15, 0.2) is 0 Å². The van der Waals surface area contributed by atoms with Crippen LogP contribution in [0.3, 0.4) is 0 Å². The van der Waals surface area contributed by atoms with Crippen molar-refractivity contribution in [2.75, 3.05) is 39.6 Å². The molecule has 0 saturated heterocycles. The smallest absolute Gasteiger partial charge is 0.238 e. The lowest BCUT2D eigenvalue weighted by molar-refractivity contribution is -0.128. The van der Waals surface area contributed by atoms with Crippen LogP contribution in [0.15, 0.2) is 24.3 Å². The molecule has 2 N–H and O–H groups in total. The summed E-state index contributed by atoms with van der Waals surface area (Å²) in [5.41, 5.74) is 0.681. The number of hydrogen-bond acceptors (Lipinski definition) is 4. The molecule has 1 aromatic rings. The second kappa shape index (κ2) is 8.16. The molecule has 110 valence electrons. The van der Waals surface area contributed by atoms with E-state index in [0.717, 1.165) is 0 Å². The maximum Gasteiger partial charge on any atom is 0.238 e. The Kier molecular flexibility index (Phi) is 6.52. The van der Waals surface area contributed by atoms with Crippen LogP contribution in [0, 0.1) is 0 Å². The van der Waals surface area contributed by atoms with Gasteiger partial charge in [-0.2, -0.15) is 0 Å². The summed E-state index contributed by atoms with van der Waals surface area (Å²) in [5, 5.41) is 5.68. The molecule has 0 aliphatic heterocycles. The Morgan fingerprint density at radius 3 is 2.70 bits per heavy atom. The molecule has 0 spiro atoms. The number of carbonyl (C=O) groups is 2. The first-order chi connectivity index (χ1) is 9.52. The predicted molar refractivity (Wildman–Crippen MR) is 77.8 cm³/mol. The third-order valence-corrected chi connectivity index (χ3v) is 2.65. The Hall–Kier alpha value is -2.08. The molecule has 0 aromatic heterocycles. The fourth-order valence-corrected chi connectivity index (χ4v) is 1.53. The molecule has 0 unspecified atom stereocenters. The fourth-order valence-electron chi connectivity index (χ4n) is 1.53. The molecule has 0 bridgehead atoms. The maximum atomic E-state index is 11.7. The Bertz CT molecular complexity index is 461. The van der Waals surface area contributed by atoms with E-state index in [1.165, 1.54) is 4.90 Å². The molecule has 0 heterocycles. The number of ether oxygens (including phenoxy) is 1. The molecule has 0 radical (unpaired) electrons. The molecule has 1 rings (SSSR count). The average Bonchev–Trinajstić information content (AvgIpc) is 2.43. The van der Waals surface area contributed by atoms with Crippen molar-refractivity contribution in [3.05, 3.63) is 24.3 Å². The highest BCUT2D eigenvalue weighted by molar-refractivity contribution is 5.92. The van der Waals surface area contributed by atoms with Crippen molar-refractivity contribution >= 4 is 17.5 Å². The van der Waals surface area contributed by atoms with Crippen LogP contribution in [0.2, 0.25) is 0 Å². The number of nitrogens with one attached hydrogen (secondary N) is 2. The van der Waals surface area contributed by atoms with Gasteiger partial charge in [0.1, 0.15) is 5.75 Å². The molecular weight excluding hydrogens is 258 g/mol. The fraction of sp³-hybridized carbons (Fsp3) is 0.429. The van der Waals surface area contributed by atoms with E-state index in [1.807, 2.05) is 0 Å². The highest BCUT2D eigenvalue weighted by Crippen LogP contribution is 2.16. The van der Waals surface area contributed by atoms with Crippen LogP contribution < -0.4 is 15.4 Å². The minimum atomic E-state index is -0.157. The van der Waals surface area contributed by atoms with Crippen LogP contribution in [0.5, 0.6) is 5.75 Å². The molecule has 6 nitrogen and oxygen atoms in total. The number of anilines is 1. The van der Waals surface area contributed by atoms with Crippen LogP contribution in [-0.4, -0.2) is 51.0 Å². The number of methoxy groups -OCH3 is 1. The van der Waals surface area contributed by atoms with Crippen molar-refractivity contribution in [1.29, 1.82) is 0 Å². The van der Waals surface area contributed by atoms with Crippen LogP contribution >= 0.6 is 0 Å². The summed E-state index contributed by atoms with van der Waals surface area (Å²) in [6.45, 7) is 0.639. The van der Waals surface area contributed by atoms with Crippen molar-refractivity contribution in [3.8, 4) is 5.75 Å². The largest absolute Gasteiger partial charge is 0.497 e. The first-order valence-corrected chi connectivity index (χ1v) is 6.37.